The van der Waals surface area contributed by atoms with E-state index in [0.717, 1.165) is 42.7 Å². The molecule has 2 aromatic rings. The fraction of sp³-hybridized carbons (Fsp3) is 0.381. The van der Waals surface area contributed by atoms with Crippen LogP contribution < -0.4 is 10.1 Å². The second kappa shape index (κ2) is 8.67. The van der Waals surface area contributed by atoms with Crippen molar-refractivity contribution in [2.45, 2.75) is 38.2 Å². The van der Waals surface area contributed by atoms with E-state index in [-0.39, 0.29) is 17.9 Å². The monoisotopic (exact) mass is 339 g/mol. The number of aliphatic hydroxyl groups is 1. The van der Waals surface area contributed by atoms with E-state index in [9.17, 15) is 9.90 Å². The van der Waals surface area contributed by atoms with E-state index in [1.807, 2.05) is 54.6 Å². The Hall–Kier alpha value is -2.33. The molecule has 0 aliphatic heterocycles. The Labute approximate surface area is 148 Å². The zero-order valence-corrected chi connectivity index (χ0v) is 14.4. The van der Waals surface area contributed by atoms with Gasteiger partial charge in [0.15, 0.2) is 0 Å². The van der Waals surface area contributed by atoms with Crippen molar-refractivity contribution < 1.29 is 14.6 Å². The average molecular weight is 339 g/mol. The van der Waals surface area contributed by atoms with Gasteiger partial charge in [-0.25, -0.2) is 0 Å². The minimum absolute atomic E-state index is 0.0449. The van der Waals surface area contributed by atoms with Crippen LogP contribution in [-0.2, 0) is 11.2 Å². The van der Waals surface area contributed by atoms with Crippen LogP contribution in [0.5, 0.6) is 11.5 Å². The molecule has 4 heteroatoms. The molecular weight excluding hydrogens is 314 g/mol. The highest BCUT2D eigenvalue weighted by atomic mass is 16.5. The molecule has 4 nitrogen and oxygen atoms in total. The predicted molar refractivity (Wildman–Crippen MR) is 97.6 cm³/mol. The molecule has 0 heterocycles. The number of carbonyl (C=O) groups excluding carboxylic acids is 1. The molecule has 0 bridgehead atoms. The van der Waals surface area contributed by atoms with Crippen molar-refractivity contribution in [1.29, 1.82) is 0 Å². The van der Waals surface area contributed by atoms with Gasteiger partial charge in [-0.1, -0.05) is 36.8 Å². The first-order valence-electron chi connectivity index (χ1n) is 8.98. The molecule has 25 heavy (non-hydrogen) atoms. The Morgan fingerprint density at radius 1 is 1.08 bits per heavy atom. The van der Waals surface area contributed by atoms with Crippen molar-refractivity contribution in [2.75, 3.05) is 6.54 Å². The molecule has 0 unspecified atom stereocenters. The lowest BCUT2D eigenvalue weighted by molar-refractivity contribution is -0.127. The van der Waals surface area contributed by atoms with Crippen molar-refractivity contribution in [3.8, 4) is 11.5 Å². The summed E-state index contributed by atoms with van der Waals surface area (Å²) in [6, 6.07) is 17.6. The van der Waals surface area contributed by atoms with Gasteiger partial charge in [-0.05, 0) is 55.5 Å². The number of amides is 1. The van der Waals surface area contributed by atoms with Crippen molar-refractivity contribution in [2.24, 2.45) is 5.92 Å². The maximum atomic E-state index is 12.2. The fourth-order valence-corrected chi connectivity index (χ4v) is 3.27. The molecule has 1 aliphatic rings. The van der Waals surface area contributed by atoms with Crippen molar-refractivity contribution in [1.82, 2.24) is 5.32 Å². The lowest BCUT2D eigenvalue weighted by Crippen LogP contribution is -2.36. The van der Waals surface area contributed by atoms with Gasteiger partial charge >= 0.3 is 0 Å². The Balaban J connectivity index is 1.48. The summed E-state index contributed by atoms with van der Waals surface area (Å²) in [4.78, 5) is 12.2. The molecule has 0 aromatic heterocycles. The maximum absolute atomic E-state index is 12.2. The Kier molecular flexibility index (Phi) is 6.07. The Morgan fingerprint density at radius 2 is 1.88 bits per heavy atom. The third kappa shape index (κ3) is 5.33. The van der Waals surface area contributed by atoms with E-state index in [4.69, 9.17) is 4.74 Å². The number of hydrogen-bond acceptors (Lipinski definition) is 3. The van der Waals surface area contributed by atoms with Gasteiger partial charge in [0.1, 0.15) is 11.5 Å². The van der Waals surface area contributed by atoms with E-state index in [0.29, 0.717) is 13.0 Å². The highest BCUT2D eigenvalue weighted by Crippen LogP contribution is 2.24. The molecule has 0 spiro atoms. The molecule has 1 aliphatic carbocycles. The quantitative estimate of drug-likeness (QED) is 0.844. The van der Waals surface area contributed by atoms with E-state index in [2.05, 4.69) is 5.32 Å². The molecule has 1 amide bonds. The van der Waals surface area contributed by atoms with Gasteiger partial charge in [-0.3, -0.25) is 4.79 Å². The molecule has 0 saturated heterocycles. The second-order valence-electron chi connectivity index (χ2n) is 6.62. The van der Waals surface area contributed by atoms with Crippen molar-refractivity contribution in [3.63, 3.8) is 0 Å². The summed E-state index contributed by atoms with van der Waals surface area (Å²) in [5.41, 5.74) is 1.12. The van der Waals surface area contributed by atoms with E-state index in [1.165, 1.54) is 0 Å². The summed E-state index contributed by atoms with van der Waals surface area (Å²) in [6.45, 7) is 0.597. The lowest BCUT2D eigenvalue weighted by atomic mass is 9.86. The first kappa shape index (κ1) is 17.5. The molecule has 2 N–H and O–H groups in total. The Morgan fingerprint density at radius 3 is 2.68 bits per heavy atom. The third-order valence-electron chi connectivity index (χ3n) is 4.61. The van der Waals surface area contributed by atoms with E-state index in [1.54, 1.807) is 0 Å². The SMILES string of the molecule is O=C(NCCc1cccc(Oc2ccccc2)c1)[C@@H]1CCC[C@H](O)C1. The highest BCUT2D eigenvalue weighted by molar-refractivity contribution is 5.78. The van der Waals surface area contributed by atoms with Crippen LogP contribution in [0.15, 0.2) is 54.6 Å². The molecule has 2 atom stereocenters. The number of ether oxygens (including phenoxy) is 1. The standard InChI is InChI=1S/C21H25NO3/c23-18-8-5-7-17(15-18)21(24)22-13-12-16-6-4-11-20(14-16)25-19-9-2-1-3-10-19/h1-4,6,9-11,14,17-18,23H,5,7-8,12-13,15H2,(H,22,24)/t17-,18+/m1/s1. The van der Waals surface area contributed by atoms with Crippen LogP contribution in [0.2, 0.25) is 0 Å². The number of para-hydroxylation sites is 1. The van der Waals surface area contributed by atoms with Crippen LogP contribution in [0.3, 0.4) is 0 Å². The van der Waals surface area contributed by atoms with Gasteiger partial charge in [0.05, 0.1) is 6.10 Å². The van der Waals surface area contributed by atoms with Crippen LogP contribution in [0.1, 0.15) is 31.2 Å². The van der Waals surface area contributed by atoms with Gasteiger partial charge in [0.25, 0.3) is 0 Å². The van der Waals surface area contributed by atoms with Crippen LogP contribution in [0.25, 0.3) is 0 Å². The number of nitrogens with one attached hydrogen (secondary N) is 1. The average Bonchev–Trinajstić information content (AvgIpc) is 2.63. The van der Waals surface area contributed by atoms with Crippen LogP contribution in [0, 0.1) is 5.92 Å². The van der Waals surface area contributed by atoms with Crippen LogP contribution in [-0.4, -0.2) is 23.7 Å². The Bertz CT molecular complexity index is 687. The summed E-state index contributed by atoms with van der Waals surface area (Å²) in [5, 5.41) is 12.7. The minimum atomic E-state index is -0.323. The number of hydrogen-bond donors (Lipinski definition) is 2. The smallest absolute Gasteiger partial charge is 0.223 e. The summed E-state index contributed by atoms with van der Waals surface area (Å²) in [6.07, 6.45) is 3.65. The zero-order valence-electron chi connectivity index (χ0n) is 14.4. The predicted octanol–water partition coefficient (Wildman–Crippen LogP) is 3.69. The van der Waals surface area contributed by atoms with Gasteiger partial charge in [-0.15, -0.1) is 0 Å². The lowest BCUT2D eigenvalue weighted by Gasteiger charge is -2.24. The second-order valence-corrected chi connectivity index (χ2v) is 6.62. The largest absolute Gasteiger partial charge is 0.457 e. The third-order valence-corrected chi connectivity index (χ3v) is 4.61. The van der Waals surface area contributed by atoms with E-state index < -0.39 is 0 Å². The van der Waals surface area contributed by atoms with E-state index >= 15 is 0 Å². The minimum Gasteiger partial charge on any atom is -0.457 e. The maximum Gasteiger partial charge on any atom is 0.223 e. The fourth-order valence-electron chi connectivity index (χ4n) is 3.27. The van der Waals surface area contributed by atoms with Crippen molar-refractivity contribution >= 4 is 5.91 Å². The van der Waals surface area contributed by atoms with Crippen molar-refractivity contribution in [3.05, 3.63) is 60.2 Å². The molecule has 132 valence electrons. The van der Waals surface area contributed by atoms with Gasteiger partial charge in [0.2, 0.25) is 5.91 Å². The molecule has 1 saturated carbocycles. The summed E-state index contributed by atoms with van der Waals surface area (Å²) >= 11 is 0. The first-order valence-corrected chi connectivity index (χ1v) is 8.98. The van der Waals surface area contributed by atoms with Gasteiger partial charge in [0, 0.05) is 12.5 Å². The number of aliphatic hydroxyl groups excluding tert-OH is 1. The van der Waals surface area contributed by atoms with Crippen LogP contribution in [0.4, 0.5) is 0 Å². The molecule has 3 rings (SSSR count). The summed E-state index contributed by atoms with van der Waals surface area (Å²) < 4.78 is 5.84. The number of benzene rings is 2. The van der Waals surface area contributed by atoms with Gasteiger partial charge in [-0.2, -0.15) is 0 Å². The molecular formula is C21H25NO3. The van der Waals surface area contributed by atoms with Crippen LogP contribution >= 0.6 is 0 Å². The summed E-state index contributed by atoms with van der Waals surface area (Å²) in [5.74, 6) is 1.63. The first-order chi connectivity index (χ1) is 12.2. The molecule has 1 fully saturated rings. The zero-order chi connectivity index (χ0) is 17.5. The molecule has 0 radical (unpaired) electrons. The normalized spacial score (nSPS) is 20.0. The number of carbonyl (C=O) groups is 1. The topological polar surface area (TPSA) is 58.6 Å². The summed E-state index contributed by atoms with van der Waals surface area (Å²) in [7, 11) is 0. The van der Waals surface area contributed by atoms with Gasteiger partial charge < -0.3 is 15.2 Å². The molecule has 2 aromatic carbocycles. The highest BCUT2D eigenvalue weighted by Gasteiger charge is 2.25. The number of rotatable bonds is 6.